The molecule has 25 heavy (non-hydrogen) atoms. The van der Waals surface area contributed by atoms with Crippen LogP contribution in [0.25, 0.3) is 27.7 Å². The molecule has 0 fully saturated rings. The third-order valence-electron chi connectivity index (χ3n) is 4.31. The highest BCUT2D eigenvalue weighted by Crippen LogP contribution is 2.29. The smallest absolute Gasteiger partial charge is 0.340 e. The normalized spacial score (nSPS) is 11.3. The minimum absolute atomic E-state index is 0.237. The Hall–Kier alpha value is -3.35. The number of pyridine rings is 1. The monoisotopic (exact) mass is 335 g/mol. The van der Waals surface area contributed by atoms with E-state index in [1.165, 1.54) is 7.11 Å². The molecule has 0 bridgehead atoms. The predicted molar refractivity (Wildman–Crippen MR) is 95.3 cm³/mol. The molecule has 7 nitrogen and oxygen atoms in total. The molecule has 0 aliphatic carbocycles. The molecule has 7 heteroatoms. The van der Waals surface area contributed by atoms with E-state index >= 15 is 0 Å². The van der Waals surface area contributed by atoms with Crippen molar-refractivity contribution < 1.29 is 9.53 Å². The Morgan fingerprint density at radius 2 is 2.04 bits per heavy atom. The number of fused-ring (bicyclic) bond motifs is 2. The first kappa shape index (κ1) is 15.2. The van der Waals surface area contributed by atoms with Crippen molar-refractivity contribution in [3.05, 3.63) is 48.3 Å². The fourth-order valence-corrected chi connectivity index (χ4v) is 3.09. The van der Waals surface area contributed by atoms with E-state index in [-0.39, 0.29) is 11.9 Å². The van der Waals surface area contributed by atoms with Gasteiger partial charge in [-0.25, -0.2) is 9.31 Å². The van der Waals surface area contributed by atoms with Gasteiger partial charge in [0, 0.05) is 29.8 Å². The van der Waals surface area contributed by atoms with Crippen LogP contribution in [0, 0.1) is 0 Å². The second-order valence-electron chi connectivity index (χ2n) is 5.74. The van der Waals surface area contributed by atoms with Crippen LogP contribution in [0.2, 0.25) is 0 Å². The number of carbonyl (C=O) groups is 1. The number of nitrogens with two attached hydrogens (primary N) is 1. The molecule has 0 aliphatic rings. The summed E-state index contributed by atoms with van der Waals surface area (Å²) in [6.07, 6.45) is 3.65. The number of esters is 1. The molecule has 2 N–H and O–H groups in total. The molecule has 3 aromatic heterocycles. The maximum Gasteiger partial charge on any atom is 0.340 e. The number of nitrogen functional groups attached to an aromatic ring is 1. The minimum atomic E-state index is -0.338. The molecular formula is C18H17N5O2. The van der Waals surface area contributed by atoms with Crippen molar-refractivity contribution in [2.45, 2.75) is 13.5 Å². The van der Waals surface area contributed by atoms with Gasteiger partial charge in [0.25, 0.3) is 0 Å². The zero-order valence-electron chi connectivity index (χ0n) is 13.9. The van der Waals surface area contributed by atoms with Crippen LogP contribution in [0.3, 0.4) is 0 Å². The molecule has 0 saturated heterocycles. The number of carbonyl (C=O) groups excluding carboxylic acids is 1. The lowest BCUT2D eigenvalue weighted by Gasteiger charge is -2.05. The van der Waals surface area contributed by atoms with Gasteiger partial charge in [-0.3, -0.25) is 0 Å². The molecule has 3 heterocycles. The summed E-state index contributed by atoms with van der Waals surface area (Å²) in [5.41, 5.74) is 9.84. The van der Waals surface area contributed by atoms with Gasteiger partial charge in [-0.05, 0) is 42.3 Å². The zero-order valence-corrected chi connectivity index (χ0v) is 13.9. The van der Waals surface area contributed by atoms with Crippen LogP contribution in [-0.2, 0) is 11.3 Å². The molecule has 126 valence electrons. The Bertz CT molecular complexity index is 1110. The molecule has 0 atom stereocenters. The number of hydrogen-bond donors (Lipinski definition) is 1. The van der Waals surface area contributed by atoms with Crippen LogP contribution < -0.4 is 5.73 Å². The maximum atomic E-state index is 12.1. The summed E-state index contributed by atoms with van der Waals surface area (Å²) < 4.78 is 8.59. The van der Waals surface area contributed by atoms with Crippen molar-refractivity contribution in [3.8, 4) is 11.1 Å². The molecule has 0 amide bonds. The number of hydrogen-bond acceptors (Lipinski definition) is 5. The van der Waals surface area contributed by atoms with Crippen LogP contribution in [0.1, 0.15) is 17.3 Å². The lowest BCUT2D eigenvalue weighted by atomic mass is 10.0. The third-order valence-corrected chi connectivity index (χ3v) is 4.31. The molecule has 0 unspecified atom stereocenters. The van der Waals surface area contributed by atoms with Gasteiger partial charge >= 0.3 is 5.97 Å². The molecular weight excluding hydrogens is 318 g/mol. The zero-order chi connectivity index (χ0) is 17.6. The van der Waals surface area contributed by atoms with E-state index in [1.807, 2.05) is 54.2 Å². The molecule has 4 aromatic rings. The topological polar surface area (TPSA) is 87.4 Å². The van der Waals surface area contributed by atoms with E-state index in [1.54, 1.807) is 4.52 Å². The number of aromatic nitrogens is 4. The van der Waals surface area contributed by atoms with Crippen molar-refractivity contribution in [2.24, 2.45) is 0 Å². The fraction of sp³-hybridized carbons (Fsp3) is 0.167. The predicted octanol–water partition coefficient (Wildman–Crippen LogP) is 2.74. The maximum absolute atomic E-state index is 12.1. The third kappa shape index (κ3) is 2.40. The largest absolute Gasteiger partial charge is 0.465 e. The Morgan fingerprint density at radius 3 is 2.80 bits per heavy atom. The van der Waals surface area contributed by atoms with Crippen LogP contribution in [0.15, 0.2) is 42.7 Å². The quantitative estimate of drug-likeness (QED) is 0.582. The van der Waals surface area contributed by atoms with Gasteiger partial charge in [0.2, 0.25) is 5.95 Å². The summed E-state index contributed by atoms with van der Waals surface area (Å²) in [6.45, 7) is 2.82. The first-order chi connectivity index (χ1) is 12.1. The summed E-state index contributed by atoms with van der Waals surface area (Å²) in [5, 5.41) is 4.95. The van der Waals surface area contributed by atoms with Crippen LogP contribution >= 0.6 is 0 Å². The first-order valence-electron chi connectivity index (χ1n) is 7.94. The van der Waals surface area contributed by atoms with Gasteiger partial charge in [0.15, 0.2) is 5.65 Å². The van der Waals surface area contributed by atoms with E-state index in [9.17, 15) is 4.79 Å². The van der Waals surface area contributed by atoms with Crippen molar-refractivity contribution in [2.75, 3.05) is 12.8 Å². The van der Waals surface area contributed by atoms with E-state index in [0.29, 0.717) is 11.2 Å². The van der Waals surface area contributed by atoms with Gasteiger partial charge in [-0.1, -0.05) is 6.07 Å². The summed E-state index contributed by atoms with van der Waals surface area (Å²) in [4.78, 5) is 16.3. The van der Waals surface area contributed by atoms with Crippen LogP contribution in [0.4, 0.5) is 5.95 Å². The molecule has 4 rings (SSSR count). The summed E-state index contributed by atoms with van der Waals surface area (Å²) >= 11 is 0. The summed E-state index contributed by atoms with van der Waals surface area (Å²) in [7, 11) is 1.39. The average Bonchev–Trinajstić information content (AvgIpc) is 3.18. The Morgan fingerprint density at radius 1 is 1.24 bits per heavy atom. The Labute approximate surface area is 143 Å². The van der Waals surface area contributed by atoms with Gasteiger partial charge < -0.3 is 15.0 Å². The van der Waals surface area contributed by atoms with Gasteiger partial charge in [0.1, 0.15) is 0 Å². The number of aryl methyl sites for hydroxylation is 1. The van der Waals surface area contributed by atoms with Crippen molar-refractivity contribution in [3.63, 3.8) is 0 Å². The lowest BCUT2D eigenvalue weighted by Crippen LogP contribution is -2.00. The standard InChI is InChI=1S/C18H17N5O2/c1-3-22-10-14(17(24)25-2)13-8-11(4-5-15(13)22)12-6-7-23-16(9-12)20-18(19)21-23/h4-10H,3H2,1-2H3,(H2,19,21). The minimum Gasteiger partial charge on any atom is -0.465 e. The highest BCUT2D eigenvalue weighted by atomic mass is 16.5. The molecule has 0 saturated carbocycles. The molecule has 0 radical (unpaired) electrons. The van der Waals surface area contributed by atoms with Crippen LogP contribution in [0.5, 0.6) is 0 Å². The Kier molecular flexibility index (Phi) is 3.42. The van der Waals surface area contributed by atoms with E-state index < -0.39 is 0 Å². The number of benzene rings is 1. The average molecular weight is 335 g/mol. The lowest BCUT2D eigenvalue weighted by molar-refractivity contribution is 0.0602. The SMILES string of the molecule is CCn1cc(C(=O)OC)c2cc(-c3ccn4nc(N)nc4c3)ccc21. The molecule has 0 spiro atoms. The highest BCUT2D eigenvalue weighted by Gasteiger charge is 2.16. The number of nitrogens with zero attached hydrogens (tertiary/aromatic N) is 4. The van der Waals surface area contributed by atoms with Gasteiger partial charge in [-0.2, -0.15) is 4.98 Å². The van der Waals surface area contributed by atoms with Crippen molar-refractivity contribution in [1.82, 2.24) is 19.2 Å². The first-order valence-corrected chi connectivity index (χ1v) is 7.94. The van der Waals surface area contributed by atoms with E-state index in [4.69, 9.17) is 10.5 Å². The fourth-order valence-electron chi connectivity index (χ4n) is 3.09. The Balaban J connectivity index is 1.90. The number of rotatable bonds is 3. The number of ether oxygens (including phenoxy) is 1. The number of methoxy groups -OCH3 is 1. The molecule has 1 aromatic carbocycles. The van der Waals surface area contributed by atoms with Gasteiger partial charge in [-0.15, -0.1) is 5.10 Å². The summed E-state index contributed by atoms with van der Waals surface area (Å²) in [5.74, 6) is -0.101. The van der Waals surface area contributed by atoms with E-state index in [2.05, 4.69) is 10.1 Å². The van der Waals surface area contributed by atoms with Crippen molar-refractivity contribution in [1.29, 1.82) is 0 Å². The second kappa shape index (κ2) is 5.62. The van der Waals surface area contributed by atoms with Crippen LogP contribution in [-0.4, -0.2) is 32.2 Å². The molecule has 0 aliphatic heterocycles. The second-order valence-corrected chi connectivity index (χ2v) is 5.74. The van der Waals surface area contributed by atoms with E-state index in [0.717, 1.165) is 28.6 Å². The number of anilines is 1. The van der Waals surface area contributed by atoms with Gasteiger partial charge in [0.05, 0.1) is 12.7 Å². The van der Waals surface area contributed by atoms with Crippen molar-refractivity contribution >= 4 is 28.5 Å². The summed E-state index contributed by atoms with van der Waals surface area (Å²) in [6, 6.07) is 9.90. The highest BCUT2D eigenvalue weighted by molar-refractivity contribution is 6.05.